The molecule has 3 heterocycles. The molecular formula is C25H32N8O. The summed E-state index contributed by atoms with van der Waals surface area (Å²) in [6, 6.07) is 7.53. The molecule has 0 spiro atoms. The number of likely N-dealkylation sites (N-methyl/N-ethyl adjacent to an activating group) is 1. The number of aryl methyl sites for hydroxylation is 4. The molecule has 2 aromatic heterocycles. The molecule has 2 N–H and O–H groups in total. The SMILES string of the molecule is CCc1nc(Nc2cc(C(=O)Nc3c(C)cc(C)cc3C)ccn2)nc(N2CCN(C)CC2)n1. The van der Waals surface area contributed by atoms with Crippen LogP contribution in [-0.2, 0) is 6.42 Å². The van der Waals surface area contributed by atoms with Gasteiger partial charge in [-0.2, -0.15) is 15.0 Å². The van der Waals surface area contributed by atoms with Crippen molar-refractivity contribution in [3.8, 4) is 0 Å². The Kier molecular flexibility index (Phi) is 7.02. The number of hydrogen-bond acceptors (Lipinski definition) is 8. The summed E-state index contributed by atoms with van der Waals surface area (Å²) in [5, 5.41) is 6.21. The number of pyridine rings is 1. The van der Waals surface area contributed by atoms with E-state index < -0.39 is 0 Å². The first-order valence-electron chi connectivity index (χ1n) is 11.6. The van der Waals surface area contributed by atoms with Crippen molar-refractivity contribution in [3.05, 3.63) is 58.5 Å². The van der Waals surface area contributed by atoms with Crippen molar-refractivity contribution in [2.75, 3.05) is 48.8 Å². The van der Waals surface area contributed by atoms with E-state index in [9.17, 15) is 4.79 Å². The quantitative estimate of drug-likeness (QED) is 0.577. The summed E-state index contributed by atoms with van der Waals surface area (Å²) in [5.74, 6) is 2.12. The van der Waals surface area contributed by atoms with Gasteiger partial charge in [0.1, 0.15) is 11.6 Å². The highest BCUT2D eigenvalue weighted by Gasteiger charge is 2.19. The number of piperazine rings is 1. The minimum absolute atomic E-state index is 0.191. The summed E-state index contributed by atoms with van der Waals surface area (Å²) in [4.78, 5) is 35.6. The summed E-state index contributed by atoms with van der Waals surface area (Å²) in [5.41, 5.74) is 4.58. The van der Waals surface area contributed by atoms with Crippen molar-refractivity contribution in [2.24, 2.45) is 0 Å². The van der Waals surface area contributed by atoms with Crippen LogP contribution < -0.4 is 15.5 Å². The molecule has 0 unspecified atom stereocenters. The molecule has 3 aromatic rings. The highest BCUT2D eigenvalue weighted by Crippen LogP contribution is 2.23. The second-order valence-corrected chi connectivity index (χ2v) is 8.80. The Morgan fingerprint density at radius 3 is 2.38 bits per heavy atom. The number of rotatable bonds is 6. The minimum Gasteiger partial charge on any atom is -0.338 e. The predicted octanol–water partition coefficient (Wildman–Crippen LogP) is 3.50. The van der Waals surface area contributed by atoms with Gasteiger partial charge in [0.2, 0.25) is 11.9 Å². The monoisotopic (exact) mass is 460 g/mol. The first-order valence-corrected chi connectivity index (χ1v) is 11.6. The van der Waals surface area contributed by atoms with Crippen LogP contribution in [0, 0.1) is 20.8 Å². The smallest absolute Gasteiger partial charge is 0.255 e. The molecule has 9 nitrogen and oxygen atoms in total. The average molecular weight is 461 g/mol. The van der Waals surface area contributed by atoms with E-state index >= 15 is 0 Å². The van der Waals surface area contributed by atoms with Crippen molar-refractivity contribution in [1.29, 1.82) is 0 Å². The molecule has 34 heavy (non-hydrogen) atoms. The van der Waals surface area contributed by atoms with E-state index in [1.807, 2.05) is 27.7 Å². The third-order valence-corrected chi connectivity index (χ3v) is 5.95. The molecule has 1 fully saturated rings. The Hall–Kier alpha value is -3.59. The van der Waals surface area contributed by atoms with E-state index in [-0.39, 0.29) is 5.91 Å². The molecule has 0 atom stereocenters. The van der Waals surface area contributed by atoms with Crippen LogP contribution in [0.5, 0.6) is 0 Å². The van der Waals surface area contributed by atoms with Gasteiger partial charge in [-0.15, -0.1) is 0 Å². The fraction of sp³-hybridized carbons (Fsp3) is 0.400. The van der Waals surface area contributed by atoms with Crippen molar-refractivity contribution in [3.63, 3.8) is 0 Å². The molecule has 0 saturated carbocycles. The van der Waals surface area contributed by atoms with Gasteiger partial charge in [-0.1, -0.05) is 24.6 Å². The summed E-state index contributed by atoms with van der Waals surface area (Å²) in [6.07, 6.45) is 2.30. The number of nitrogens with one attached hydrogen (secondary N) is 2. The van der Waals surface area contributed by atoms with Crippen LogP contribution in [0.1, 0.15) is 39.8 Å². The van der Waals surface area contributed by atoms with Crippen LogP contribution in [0.2, 0.25) is 0 Å². The van der Waals surface area contributed by atoms with Crippen LogP contribution >= 0.6 is 0 Å². The lowest BCUT2D eigenvalue weighted by atomic mass is 10.0. The zero-order valence-electron chi connectivity index (χ0n) is 20.5. The van der Waals surface area contributed by atoms with Crippen LogP contribution in [0.15, 0.2) is 30.5 Å². The summed E-state index contributed by atoms with van der Waals surface area (Å²) < 4.78 is 0. The van der Waals surface area contributed by atoms with E-state index in [4.69, 9.17) is 0 Å². The molecule has 0 radical (unpaired) electrons. The molecule has 1 aliphatic rings. The topological polar surface area (TPSA) is 99.2 Å². The first kappa shape index (κ1) is 23.6. The number of benzene rings is 1. The number of aromatic nitrogens is 4. The van der Waals surface area contributed by atoms with Gasteiger partial charge in [0.25, 0.3) is 5.91 Å². The number of hydrogen-bond donors (Lipinski definition) is 2. The fourth-order valence-corrected chi connectivity index (χ4v) is 4.09. The van der Waals surface area contributed by atoms with Crippen molar-refractivity contribution >= 4 is 29.3 Å². The second kappa shape index (κ2) is 10.1. The molecular weight excluding hydrogens is 428 g/mol. The van der Waals surface area contributed by atoms with Gasteiger partial charge in [-0.3, -0.25) is 4.79 Å². The third kappa shape index (κ3) is 5.48. The molecule has 1 aromatic carbocycles. The standard InChI is InChI=1S/C25H32N8O/c1-6-20-27-24(31-25(29-20)33-11-9-32(5)10-12-33)28-21-15-19(7-8-26-21)23(34)30-22-17(3)13-16(2)14-18(22)4/h7-8,13-15H,6,9-12H2,1-5H3,(H,30,34)(H,26,27,28,29,31). The third-order valence-electron chi connectivity index (χ3n) is 5.95. The molecule has 9 heteroatoms. The maximum absolute atomic E-state index is 13.0. The van der Waals surface area contributed by atoms with E-state index in [1.165, 1.54) is 5.56 Å². The van der Waals surface area contributed by atoms with Gasteiger partial charge < -0.3 is 20.4 Å². The predicted molar refractivity (Wildman–Crippen MR) is 135 cm³/mol. The van der Waals surface area contributed by atoms with Crippen molar-refractivity contribution < 1.29 is 4.79 Å². The Bertz CT molecular complexity index is 1160. The molecule has 1 amide bonds. The van der Waals surface area contributed by atoms with Crippen LogP contribution in [0.3, 0.4) is 0 Å². The lowest BCUT2D eigenvalue weighted by Crippen LogP contribution is -2.45. The molecule has 1 aliphatic heterocycles. The van der Waals surface area contributed by atoms with E-state index in [0.29, 0.717) is 35.5 Å². The van der Waals surface area contributed by atoms with Crippen LogP contribution in [0.25, 0.3) is 0 Å². The highest BCUT2D eigenvalue weighted by atomic mass is 16.1. The van der Waals surface area contributed by atoms with Gasteiger partial charge in [-0.05, 0) is 51.1 Å². The molecule has 1 saturated heterocycles. The highest BCUT2D eigenvalue weighted by molar-refractivity contribution is 6.05. The van der Waals surface area contributed by atoms with Gasteiger partial charge >= 0.3 is 0 Å². The number of carbonyl (C=O) groups is 1. The summed E-state index contributed by atoms with van der Waals surface area (Å²) in [7, 11) is 2.12. The van der Waals surface area contributed by atoms with Crippen LogP contribution in [0.4, 0.5) is 23.4 Å². The first-order chi connectivity index (χ1) is 16.3. The fourth-order valence-electron chi connectivity index (χ4n) is 4.09. The number of carbonyl (C=O) groups excluding carboxylic acids is 1. The van der Waals surface area contributed by atoms with E-state index in [0.717, 1.165) is 43.0 Å². The lowest BCUT2D eigenvalue weighted by Gasteiger charge is -2.32. The number of nitrogens with zero attached hydrogens (tertiary/aromatic N) is 6. The average Bonchev–Trinajstić information content (AvgIpc) is 2.81. The van der Waals surface area contributed by atoms with Gasteiger partial charge in [0.05, 0.1) is 0 Å². The second-order valence-electron chi connectivity index (χ2n) is 8.80. The van der Waals surface area contributed by atoms with Gasteiger partial charge in [0, 0.05) is 50.0 Å². The Labute approximate surface area is 200 Å². The molecule has 0 bridgehead atoms. The number of amides is 1. The van der Waals surface area contributed by atoms with Crippen molar-refractivity contribution in [2.45, 2.75) is 34.1 Å². The minimum atomic E-state index is -0.191. The van der Waals surface area contributed by atoms with Crippen LogP contribution in [-0.4, -0.2) is 64.0 Å². The maximum Gasteiger partial charge on any atom is 0.255 e. The zero-order valence-corrected chi connectivity index (χ0v) is 20.5. The maximum atomic E-state index is 13.0. The van der Waals surface area contributed by atoms with E-state index in [2.05, 4.69) is 59.5 Å². The van der Waals surface area contributed by atoms with Gasteiger partial charge in [-0.25, -0.2) is 4.98 Å². The largest absolute Gasteiger partial charge is 0.338 e. The Morgan fingerprint density at radius 2 is 1.71 bits per heavy atom. The van der Waals surface area contributed by atoms with Crippen molar-refractivity contribution in [1.82, 2.24) is 24.8 Å². The molecule has 178 valence electrons. The summed E-state index contributed by atoms with van der Waals surface area (Å²) >= 11 is 0. The normalized spacial score (nSPS) is 14.2. The molecule has 4 rings (SSSR count). The lowest BCUT2D eigenvalue weighted by molar-refractivity contribution is 0.102. The number of anilines is 4. The zero-order chi connectivity index (χ0) is 24.2. The Morgan fingerprint density at radius 1 is 1.00 bits per heavy atom. The Balaban J connectivity index is 1.53. The van der Waals surface area contributed by atoms with E-state index in [1.54, 1.807) is 18.3 Å². The molecule has 0 aliphatic carbocycles. The van der Waals surface area contributed by atoms with Gasteiger partial charge in [0.15, 0.2) is 0 Å². The summed E-state index contributed by atoms with van der Waals surface area (Å²) in [6.45, 7) is 11.7.